The molecule has 0 fully saturated rings. The Hall–Kier alpha value is -1.20. The van der Waals surface area contributed by atoms with Gasteiger partial charge in [0.15, 0.2) is 0 Å². The van der Waals surface area contributed by atoms with Crippen LogP contribution in [0.15, 0.2) is 12.1 Å². The molecule has 0 N–H and O–H groups in total. The summed E-state index contributed by atoms with van der Waals surface area (Å²) < 4.78 is 5.44. The van der Waals surface area contributed by atoms with Crippen LogP contribution in [0.25, 0.3) is 0 Å². The van der Waals surface area contributed by atoms with Gasteiger partial charge in [0.25, 0.3) is 0 Å². The zero-order valence-electron chi connectivity index (χ0n) is 10.4. The molecule has 0 heterocycles. The number of aryl methyl sites for hydroxylation is 2. The highest BCUT2D eigenvalue weighted by molar-refractivity contribution is 6.32. The molecule has 1 rings (SSSR count). The standard InChI is InChI=1S/C14H18ClNO/c1-3-17-14-9-11(2)12(10-13(14)15)7-5-4-6-8-16/h9-10H,3-7H2,1-2H3. The smallest absolute Gasteiger partial charge is 0.138 e. The largest absolute Gasteiger partial charge is 0.492 e. The van der Waals surface area contributed by atoms with Crippen molar-refractivity contribution in [3.63, 3.8) is 0 Å². The van der Waals surface area contributed by atoms with Gasteiger partial charge in [-0.1, -0.05) is 11.6 Å². The molecule has 0 aliphatic rings. The van der Waals surface area contributed by atoms with Crippen LogP contribution in [0.5, 0.6) is 5.75 Å². The van der Waals surface area contributed by atoms with Crippen molar-refractivity contribution in [3.05, 3.63) is 28.3 Å². The van der Waals surface area contributed by atoms with Crippen LogP contribution in [-0.4, -0.2) is 6.61 Å². The molecule has 17 heavy (non-hydrogen) atoms. The van der Waals surface area contributed by atoms with Gasteiger partial charge in [-0.3, -0.25) is 0 Å². The molecule has 3 heteroatoms. The van der Waals surface area contributed by atoms with E-state index in [1.54, 1.807) is 0 Å². The molecule has 0 unspecified atom stereocenters. The van der Waals surface area contributed by atoms with E-state index in [2.05, 4.69) is 13.0 Å². The zero-order valence-corrected chi connectivity index (χ0v) is 11.2. The van der Waals surface area contributed by atoms with E-state index < -0.39 is 0 Å². The molecule has 0 saturated carbocycles. The third kappa shape index (κ3) is 4.28. The first kappa shape index (κ1) is 13.9. The summed E-state index contributed by atoms with van der Waals surface area (Å²) >= 11 is 6.14. The quantitative estimate of drug-likeness (QED) is 0.707. The summed E-state index contributed by atoms with van der Waals surface area (Å²) in [5, 5.41) is 9.14. The van der Waals surface area contributed by atoms with Crippen molar-refractivity contribution >= 4 is 11.6 Å². The molecule has 0 aliphatic carbocycles. The van der Waals surface area contributed by atoms with Crippen LogP contribution in [0, 0.1) is 18.3 Å². The van der Waals surface area contributed by atoms with Crippen molar-refractivity contribution in [2.75, 3.05) is 6.61 Å². The monoisotopic (exact) mass is 251 g/mol. The number of benzene rings is 1. The fourth-order valence-corrected chi connectivity index (χ4v) is 1.99. The Kier molecular flexibility index (Phi) is 5.86. The maximum absolute atomic E-state index is 8.47. The third-order valence-corrected chi connectivity index (χ3v) is 2.97. The van der Waals surface area contributed by atoms with Crippen LogP contribution in [-0.2, 0) is 6.42 Å². The molecule has 0 bridgehead atoms. The molecule has 0 amide bonds. The van der Waals surface area contributed by atoms with Crippen molar-refractivity contribution in [3.8, 4) is 11.8 Å². The van der Waals surface area contributed by atoms with Gasteiger partial charge < -0.3 is 4.74 Å². The molecule has 2 nitrogen and oxygen atoms in total. The molecule has 92 valence electrons. The summed E-state index contributed by atoms with van der Waals surface area (Å²) in [5.41, 5.74) is 2.45. The lowest BCUT2D eigenvalue weighted by atomic mass is 10.0. The predicted molar refractivity (Wildman–Crippen MR) is 70.5 cm³/mol. The normalized spacial score (nSPS) is 10.0. The second kappa shape index (κ2) is 7.19. The van der Waals surface area contributed by atoms with E-state index in [1.165, 1.54) is 11.1 Å². The van der Waals surface area contributed by atoms with E-state index in [0.29, 0.717) is 18.1 Å². The summed E-state index contributed by atoms with van der Waals surface area (Å²) in [6.07, 6.45) is 3.57. The highest BCUT2D eigenvalue weighted by Crippen LogP contribution is 2.29. The maximum Gasteiger partial charge on any atom is 0.138 e. The highest BCUT2D eigenvalue weighted by atomic mass is 35.5. The first-order chi connectivity index (χ1) is 8.19. The summed E-state index contributed by atoms with van der Waals surface area (Å²) in [6, 6.07) is 6.13. The number of nitrogens with zero attached hydrogens (tertiary/aromatic N) is 1. The fraction of sp³-hybridized carbons (Fsp3) is 0.500. The Morgan fingerprint density at radius 3 is 2.76 bits per heavy atom. The molecule has 0 aliphatic heterocycles. The van der Waals surface area contributed by atoms with Crippen molar-refractivity contribution in [2.24, 2.45) is 0 Å². The van der Waals surface area contributed by atoms with Gasteiger partial charge in [0.1, 0.15) is 5.75 Å². The number of hydrogen-bond acceptors (Lipinski definition) is 2. The van der Waals surface area contributed by atoms with E-state index >= 15 is 0 Å². The average Bonchev–Trinajstić information content (AvgIpc) is 2.30. The maximum atomic E-state index is 8.47. The fourth-order valence-electron chi connectivity index (χ4n) is 1.75. The van der Waals surface area contributed by atoms with E-state index in [4.69, 9.17) is 21.6 Å². The van der Waals surface area contributed by atoms with Crippen molar-refractivity contribution in [1.82, 2.24) is 0 Å². The SMILES string of the molecule is CCOc1cc(C)c(CCCCC#N)cc1Cl. The molecule has 0 atom stereocenters. The first-order valence-corrected chi connectivity index (χ1v) is 6.35. The topological polar surface area (TPSA) is 33.0 Å². The lowest BCUT2D eigenvalue weighted by molar-refractivity contribution is 0.340. The van der Waals surface area contributed by atoms with Gasteiger partial charge in [0.2, 0.25) is 0 Å². The van der Waals surface area contributed by atoms with Gasteiger partial charge in [0, 0.05) is 6.42 Å². The summed E-state index contributed by atoms with van der Waals surface area (Å²) in [4.78, 5) is 0. The molecular formula is C14H18ClNO. The van der Waals surface area contributed by atoms with E-state index in [1.807, 2.05) is 19.1 Å². The Balaban J connectivity index is 2.67. The number of nitriles is 1. The number of unbranched alkanes of at least 4 members (excludes halogenated alkanes) is 2. The summed E-state index contributed by atoms with van der Waals surface area (Å²) in [6.45, 7) is 4.64. The minimum atomic E-state index is 0.626. The van der Waals surface area contributed by atoms with Crippen molar-refractivity contribution < 1.29 is 4.74 Å². The molecule has 1 aromatic rings. The predicted octanol–water partition coefficient (Wildman–Crippen LogP) is 4.28. The molecule has 0 aromatic heterocycles. The first-order valence-electron chi connectivity index (χ1n) is 5.97. The van der Waals surface area contributed by atoms with Crippen LogP contribution in [0.2, 0.25) is 5.02 Å². The summed E-state index contributed by atoms with van der Waals surface area (Å²) in [7, 11) is 0. The van der Waals surface area contributed by atoms with Gasteiger partial charge >= 0.3 is 0 Å². The molecule has 0 spiro atoms. The van der Waals surface area contributed by atoms with Gasteiger partial charge in [-0.25, -0.2) is 0 Å². The van der Waals surface area contributed by atoms with Gasteiger partial charge in [0.05, 0.1) is 17.7 Å². The third-order valence-electron chi connectivity index (χ3n) is 2.67. The van der Waals surface area contributed by atoms with Crippen LogP contribution in [0.4, 0.5) is 0 Å². The second-order valence-corrected chi connectivity index (χ2v) is 4.41. The number of hydrogen-bond donors (Lipinski definition) is 0. The lowest BCUT2D eigenvalue weighted by Crippen LogP contribution is -1.96. The minimum absolute atomic E-state index is 0.626. The number of rotatable bonds is 6. The molecular weight excluding hydrogens is 234 g/mol. The Morgan fingerprint density at radius 2 is 2.12 bits per heavy atom. The Labute approximate surface area is 108 Å². The summed E-state index contributed by atoms with van der Waals surface area (Å²) in [5.74, 6) is 0.757. The van der Waals surface area contributed by atoms with Gasteiger partial charge in [-0.15, -0.1) is 0 Å². The Bertz CT molecular complexity index is 409. The van der Waals surface area contributed by atoms with Crippen molar-refractivity contribution in [1.29, 1.82) is 5.26 Å². The Morgan fingerprint density at radius 1 is 1.35 bits per heavy atom. The van der Waals surface area contributed by atoms with Gasteiger partial charge in [-0.2, -0.15) is 5.26 Å². The van der Waals surface area contributed by atoms with E-state index in [0.717, 1.165) is 25.0 Å². The van der Waals surface area contributed by atoms with E-state index in [-0.39, 0.29) is 0 Å². The second-order valence-electron chi connectivity index (χ2n) is 4.01. The van der Waals surface area contributed by atoms with Crippen LogP contribution >= 0.6 is 11.6 Å². The minimum Gasteiger partial charge on any atom is -0.492 e. The molecule has 1 aromatic carbocycles. The lowest BCUT2D eigenvalue weighted by Gasteiger charge is -2.11. The zero-order chi connectivity index (χ0) is 12.7. The molecule has 0 saturated heterocycles. The number of ether oxygens (including phenoxy) is 1. The van der Waals surface area contributed by atoms with Crippen LogP contribution in [0.1, 0.15) is 37.3 Å². The van der Waals surface area contributed by atoms with E-state index in [9.17, 15) is 0 Å². The van der Waals surface area contributed by atoms with Crippen LogP contribution < -0.4 is 4.74 Å². The highest BCUT2D eigenvalue weighted by Gasteiger charge is 2.06. The average molecular weight is 252 g/mol. The number of halogens is 1. The van der Waals surface area contributed by atoms with Crippen LogP contribution in [0.3, 0.4) is 0 Å². The van der Waals surface area contributed by atoms with Crippen molar-refractivity contribution in [2.45, 2.75) is 39.5 Å². The van der Waals surface area contributed by atoms with Gasteiger partial charge in [-0.05, 0) is 56.4 Å². The molecule has 0 radical (unpaired) electrons.